The molecule has 2 aromatic heterocycles. The zero-order chi connectivity index (χ0) is 21.5. The lowest BCUT2D eigenvalue weighted by Crippen LogP contribution is -2.45. The number of aryl methyl sites for hydroxylation is 1. The van der Waals surface area contributed by atoms with Crippen LogP contribution in [0.25, 0.3) is 0 Å². The van der Waals surface area contributed by atoms with Crippen LogP contribution in [0.4, 0.5) is 5.82 Å². The van der Waals surface area contributed by atoms with E-state index in [1.165, 1.54) is 12.0 Å². The van der Waals surface area contributed by atoms with Gasteiger partial charge in [-0.25, -0.2) is 0 Å². The molecule has 8 heteroatoms. The Kier molecular flexibility index (Phi) is 5.99. The van der Waals surface area contributed by atoms with Gasteiger partial charge in [-0.2, -0.15) is 16.4 Å². The summed E-state index contributed by atoms with van der Waals surface area (Å²) in [6.45, 7) is 8.13. The van der Waals surface area contributed by atoms with Gasteiger partial charge in [0.15, 0.2) is 0 Å². The zero-order valence-corrected chi connectivity index (χ0v) is 19.8. The van der Waals surface area contributed by atoms with Crippen molar-refractivity contribution >= 4 is 40.7 Å². The highest BCUT2D eigenvalue weighted by atomic mass is 32.2. The van der Waals surface area contributed by atoms with Gasteiger partial charge >= 0.3 is 0 Å². The first-order valence-electron chi connectivity index (χ1n) is 10.6. The van der Waals surface area contributed by atoms with Gasteiger partial charge in [0.25, 0.3) is 0 Å². The third-order valence-corrected chi connectivity index (χ3v) is 7.76. The lowest BCUT2D eigenvalue weighted by Gasteiger charge is -2.30. The molecule has 1 unspecified atom stereocenters. The number of rotatable bonds is 3. The fourth-order valence-electron chi connectivity index (χ4n) is 4.31. The number of carbonyl (C=O) groups is 2. The lowest BCUT2D eigenvalue weighted by atomic mass is 9.87. The highest BCUT2D eigenvalue weighted by Crippen LogP contribution is 2.47. The van der Waals surface area contributed by atoms with Crippen LogP contribution in [0.1, 0.15) is 62.1 Å². The molecule has 2 aliphatic heterocycles. The molecule has 0 aliphatic carbocycles. The first-order chi connectivity index (χ1) is 14.3. The number of piperidine rings is 1. The largest absolute Gasteiger partial charge is 0.341 e. The van der Waals surface area contributed by atoms with Crippen LogP contribution in [0.2, 0.25) is 0 Å². The molecule has 162 valence electrons. The van der Waals surface area contributed by atoms with Crippen molar-refractivity contribution in [2.24, 2.45) is 7.05 Å². The van der Waals surface area contributed by atoms with Gasteiger partial charge in [-0.1, -0.05) is 20.8 Å². The Labute approximate surface area is 186 Å². The minimum absolute atomic E-state index is 0.0206. The molecule has 30 heavy (non-hydrogen) atoms. The molecule has 2 aromatic rings. The monoisotopic (exact) mass is 446 g/mol. The van der Waals surface area contributed by atoms with Gasteiger partial charge in [-0.3, -0.25) is 19.2 Å². The fourth-order valence-corrected chi connectivity index (χ4v) is 6.27. The average Bonchev–Trinajstić information content (AvgIpc) is 3.32. The van der Waals surface area contributed by atoms with Gasteiger partial charge < -0.3 is 4.90 Å². The molecular weight excluding hydrogens is 416 g/mol. The first-order valence-corrected chi connectivity index (χ1v) is 12.6. The van der Waals surface area contributed by atoms with Crippen molar-refractivity contribution in [1.29, 1.82) is 0 Å². The molecule has 0 saturated carbocycles. The van der Waals surface area contributed by atoms with E-state index in [0.29, 0.717) is 5.75 Å². The third-order valence-electron chi connectivity index (χ3n) is 5.80. The fraction of sp³-hybridized carbons (Fsp3) is 0.591. The van der Waals surface area contributed by atoms with Crippen molar-refractivity contribution in [3.63, 3.8) is 0 Å². The molecule has 0 N–H and O–H groups in total. The molecule has 2 amide bonds. The maximum absolute atomic E-state index is 13.2. The van der Waals surface area contributed by atoms with Crippen molar-refractivity contribution in [3.8, 4) is 0 Å². The average molecular weight is 447 g/mol. The molecule has 2 aliphatic rings. The Bertz CT molecular complexity index is 924. The Morgan fingerprint density at radius 3 is 2.60 bits per heavy atom. The topological polar surface area (TPSA) is 58.4 Å². The third kappa shape index (κ3) is 4.04. The number of hydrogen-bond acceptors (Lipinski definition) is 5. The van der Waals surface area contributed by atoms with Gasteiger partial charge in [0, 0.05) is 31.1 Å². The SMILES string of the molecule is Cn1nc(C(C)(C)C)c2c1N(CC(=O)N1CCCCC1)C(=O)CSC2c1ccsc1. The molecule has 0 aromatic carbocycles. The van der Waals surface area contributed by atoms with E-state index in [-0.39, 0.29) is 29.0 Å². The summed E-state index contributed by atoms with van der Waals surface area (Å²) in [6.07, 6.45) is 3.26. The Morgan fingerprint density at radius 2 is 1.97 bits per heavy atom. The highest BCUT2D eigenvalue weighted by molar-refractivity contribution is 8.00. The molecular formula is C22H30N4O2S2. The molecule has 1 saturated heterocycles. The number of likely N-dealkylation sites (tertiary alicyclic amines) is 1. The predicted molar refractivity (Wildman–Crippen MR) is 123 cm³/mol. The van der Waals surface area contributed by atoms with E-state index in [4.69, 9.17) is 5.10 Å². The van der Waals surface area contributed by atoms with E-state index in [2.05, 4.69) is 37.6 Å². The highest BCUT2D eigenvalue weighted by Gasteiger charge is 2.39. The molecule has 1 atom stereocenters. The van der Waals surface area contributed by atoms with Gasteiger partial charge in [0.05, 0.1) is 16.7 Å². The summed E-state index contributed by atoms with van der Waals surface area (Å²) in [5, 5.41) is 9.12. The van der Waals surface area contributed by atoms with Crippen LogP contribution >= 0.6 is 23.1 Å². The van der Waals surface area contributed by atoms with Crippen molar-refractivity contribution < 1.29 is 9.59 Å². The quantitative estimate of drug-likeness (QED) is 0.716. The van der Waals surface area contributed by atoms with Crippen LogP contribution in [0.3, 0.4) is 0 Å². The second-order valence-electron chi connectivity index (χ2n) is 9.13. The molecule has 0 spiro atoms. The number of thioether (sulfide) groups is 1. The molecule has 4 rings (SSSR count). The summed E-state index contributed by atoms with van der Waals surface area (Å²) in [5.41, 5.74) is 3.09. The summed E-state index contributed by atoms with van der Waals surface area (Å²) in [4.78, 5) is 29.9. The second kappa shape index (κ2) is 8.38. The van der Waals surface area contributed by atoms with Crippen molar-refractivity contribution in [2.45, 2.75) is 50.7 Å². The van der Waals surface area contributed by atoms with Crippen LogP contribution in [-0.2, 0) is 22.1 Å². The van der Waals surface area contributed by atoms with E-state index in [9.17, 15) is 9.59 Å². The van der Waals surface area contributed by atoms with Crippen LogP contribution < -0.4 is 4.90 Å². The second-order valence-corrected chi connectivity index (χ2v) is 11.0. The predicted octanol–water partition coefficient (Wildman–Crippen LogP) is 3.96. The van der Waals surface area contributed by atoms with E-state index in [0.717, 1.165) is 43.0 Å². The number of fused-ring (bicyclic) bond motifs is 1. The summed E-state index contributed by atoms with van der Waals surface area (Å²) in [5.74, 6) is 1.14. The van der Waals surface area contributed by atoms with Crippen LogP contribution in [0, 0.1) is 0 Å². The molecule has 0 radical (unpaired) electrons. The Morgan fingerprint density at radius 1 is 1.23 bits per heavy atom. The molecule has 1 fully saturated rings. The number of carbonyl (C=O) groups excluding carboxylic acids is 2. The van der Waals surface area contributed by atoms with E-state index in [1.54, 1.807) is 28.0 Å². The van der Waals surface area contributed by atoms with Crippen LogP contribution in [0.15, 0.2) is 16.8 Å². The Hall–Kier alpha value is -1.80. The number of thiophene rings is 1. The first kappa shape index (κ1) is 21.4. The van der Waals surface area contributed by atoms with Crippen molar-refractivity contribution in [2.75, 3.05) is 30.3 Å². The smallest absolute Gasteiger partial charge is 0.242 e. The van der Waals surface area contributed by atoms with Crippen molar-refractivity contribution in [3.05, 3.63) is 33.6 Å². The zero-order valence-electron chi connectivity index (χ0n) is 18.2. The summed E-state index contributed by atoms with van der Waals surface area (Å²) >= 11 is 3.31. The molecule has 0 bridgehead atoms. The van der Waals surface area contributed by atoms with E-state index < -0.39 is 0 Å². The van der Waals surface area contributed by atoms with Crippen LogP contribution in [0.5, 0.6) is 0 Å². The Balaban J connectivity index is 1.78. The summed E-state index contributed by atoms with van der Waals surface area (Å²) in [7, 11) is 1.89. The van der Waals surface area contributed by atoms with Gasteiger partial charge in [-0.05, 0) is 41.7 Å². The standard InChI is InChI=1S/C22H30N4O2S2/c1-22(2,3)20-18-19(15-8-11-29-13-15)30-14-17(28)26(21(18)24(4)23-20)12-16(27)25-9-6-5-7-10-25/h8,11,13,19H,5-7,9-10,12,14H2,1-4H3. The lowest BCUT2D eigenvalue weighted by molar-refractivity contribution is -0.132. The number of hydrogen-bond donors (Lipinski definition) is 0. The van der Waals surface area contributed by atoms with Gasteiger partial charge in [0.1, 0.15) is 12.4 Å². The maximum atomic E-state index is 13.2. The van der Waals surface area contributed by atoms with E-state index in [1.807, 2.05) is 16.6 Å². The molecule has 4 heterocycles. The number of aromatic nitrogens is 2. The number of anilines is 1. The normalized spacial score (nSPS) is 20.3. The summed E-state index contributed by atoms with van der Waals surface area (Å²) < 4.78 is 1.81. The van der Waals surface area contributed by atoms with Crippen molar-refractivity contribution in [1.82, 2.24) is 14.7 Å². The molecule has 6 nitrogen and oxygen atoms in total. The number of nitrogens with zero attached hydrogens (tertiary/aromatic N) is 4. The maximum Gasteiger partial charge on any atom is 0.242 e. The van der Waals surface area contributed by atoms with E-state index >= 15 is 0 Å². The minimum atomic E-state index is -0.171. The van der Waals surface area contributed by atoms with Gasteiger partial charge in [0.2, 0.25) is 11.8 Å². The van der Waals surface area contributed by atoms with Gasteiger partial charge in [-0.15, -0.1) is 11.8 Å². The van der Waals surface area contributed by atoms with Crippen LogP contribution in [-0.4, -0.2) is 51.9 Å². The summed E-state index contributed by atoms with van der Waals surface area (Å²) in [6, 6.07) is 2.13. The minimum Gasteiger partial charge on any atom is -0.341 e. The number of amides is 2.